The highest BCUT2D eigenvalue weighted by atomic mass is 19.4. The molecule has 0 atom stereocenters. The van der Waals surface area contributed by atoms with E-state index in [1.165, 1.54) is 0 Å². The van der Waals surface area contributed by atoms with Crippen molar-refractivity contribution in [2.24, 2.45) is 0 Å². The zero-order chi connectivity index (χ0) is 14.6. The quantitative estimate of drug-likeness (QED) is 0.791. The van der Waals surface area contributed by atoms with Crippen molar-refractivity contribution >= 4 is 5.91 Å². The molecule has 0 aliphatic heterocycles. The van der Waals surface area contributed by atoms with E-state index in [1.807, 2.05) is 0 Å². The molecule has 1 aromatic rings. The monoisotopic (exact) mass is 285 g/mol. The van der Waals surface area contributed by atoms with Crippen molar-refractivity contribution in [2.45, 2.75) is 32.0 Å². The Labute approximate surface area is 114 Å². The summed E-state index contributed by atoms with van der Waals surface area (Å²) in [6, 6.07) is 8.74. The van der Waals surface area contributed by atoms with Crippen molar-refractivity contribution in [3.63, 3.8) is 0 Å². The largest absolute Gasteiger partial charge is 0.473 e. The lowest BCUT2D eigenvalue weighted by Crippen LogP contribution is -2.40. The van der Waals surface area contributed by atoms with Gasteiger partial charge in [-0.2, -0.15) is 18.2 Å². The second-order valence-electron chi connectivity index (χ2n) is 4.44. The minimum atomic E-state index is -4.94. The fourth-order valence-corrected chi connectivity index (χ4v) is 1.94. The minimum Gasteiger partial charge on any atom is -0.262 e. The number of rotatable bonds is 4. The summed E-state index contributed by atoms with van der Waals surface area (Å²) < 4.78 is 37.7. The van der Waals surface area contributed by atoms with Crippen LogP contribution >= 0.6 is 0 Å². The molecule has 0 saturated heterocycles. The Morgan fingerprint density at radius 2 is 1.95 bits per heavy atom. The smallest absolute Gasteiger partial charge is 0.262 e. The van der Waals surface area contributed by atoms with E-state index in [0.717, 1.165) is 6.42 Å². The first-order valence-corrected chi connectivity index (χ1v) is 6.25. The lowest BCUT2D eigenvalue weighted by Gasteiger charge is -2.23. The number of alkyl halides is 3. The van der Waals surface area contributed by atoms with E-state index in [9.17, 15) is 18.0 Å². The second kappa shape index (κ2) is 6.09. The van der Waals surface area contributed by atoms with Crippen molar-refractivity contribution in [1.82, 2.24) is 5.06 Å². The van der Waals surface area contributed by atoms with E-state index in [2.05, 4.69) is 0 Å². The first-order valence-electron chi connectivity index (χ1n) is 6.25. The maximum absolute atomic E-state index is 12.6. The van der Waals surface area contributed by atoms with Gasteiger partial charge in [0.15, 0.2) is 0 Å². The zero-order valence-electron chi connectivity index (χ0n) is 10.7. The van der Waals surface area contributed by atoms with E-state index >= 15 is 0 Å². The summed E-state index contributed by atoms with van der Waals surface area (Å²) in [5, 5.41) is 0.389. The van der Waals surface area contributed by atoms with Crippen LogP contribution < -0.4 is 0 Å². The summed E-state index contributed by atoms with van der Waals surface area (Å²) in [4.78, 5) is 16.5. The van der Waals surface area contributed by atoms with Crippen LogP contribution in [0.4, 0.5) is 13.2 Å². The summed E-state index contributed by atoms with van der Waals surface area (Å²) in [7, 11) is 0. The van der Waals surface area contributed by atoms with Crippen molar-refractivity contribution in [2.75, 3.05) is 0 Å². The first kappa shape index (κ1) is 14.6. The number of benzene rings is 1. The summed E-state index contributed by atoms with van der Waals surface area (Å²) in [6.07, 6.45) is -1.54. The molecule has 0 unspecified atom stereocenters. The number of allylic oxidation sites excluding steroid dienone is 2. The molecule has 0 N–H and O–H groups in total. The van der Waals surface area contributed by atoms with Crippen molar-refractivity contribution in [3.05, 3.63) is 47.7 Å². The molecule has 0 spiro atoms. The zero-order valence-corrected chi connectivity index (χ0v) is 10.7. The van der Waals surface area contributed by atoms with Crippen LogP contribution in [0.1, 0.15) is 24.8 Å². The molecule has 1 aromatic carbocycles. The van der Waals surface area contributed by atoms with Gasteiger partial charge in [0.1, 0.15) is 6.61 Å². The van der Waals surface area contributed by atoms with Gasteiger partial charge < -0.3 is 0 Å². The van der Waals surface area contributed by atoms with Crippen LogP contribution in [-0.2, 0) is 16.2 Å². The normalized spacial score (nSPS) is 15.1. The number of carbonyl (C=O) groups excluding carboxylic acids is 1. The predicted molar refractivity (Wildman–Crippen MR) is 66.1 cm³/mol. The van der Waals surface area contributed by atoms with E-state index in [1.54, 1.807) is 36.4 Å². The topological polar surface area (TPSA) is 29.5 Å². The third kappa shape index (κ3) is 3.60. The fraction of sp³-hybridized carbons (Fsp3) is 0.357. The maximum Gasteiger partial charge on any atom is 0.473 e. The van der Waals surface area contributed by atoms with Gasteiger partial charge in [0.05, 0.1) is 0 Å². The highest BCUT2D eigenvalue weighted by Gasteiger charge is 2.44. The molecule has 0 fully saturated rings. The summed E-state index contributed by atoms with van der Waals surface area (Å²) in [5.41, 5.74) is 0.981. The van der Waals surface area contributed by atoms with E-state index in [-0.39, 0.29) is 12.3 Å². The number of amides is 1. The Kier molecular flexibility index (Phi) is 4.44. The molecule has 1 amide bonds. The van der Waals surface area contributed by atoms with Crippen molar-refractivity contribution in [3.8, 4) is 0 Å². The number of hydroxylamine groups is 2. The molecule has 0 saturated carbocycles. The molecule has 0 aromatic heterocycles. The standard InChI is InChI=1S/C14H14F3NO2/c15-14(16,17)13(19)18(12-8-4-5-9-12)20-10-11-6-2-1-3-7-11/h1-3,6-8H,4-5,9-10H2. The van der Waals surface area contributed by atoms with Gasteiger partial charge >= 0.3 is 12.1 Å². The van der Waals surface area contributed by atoms with Gasteiger partial charge in [0.2, 0.25) is 0 Å². The van der Waals surface area contributed by atoms with Gasteiger partial charge in [-0.15, -0.1) is 0 Å². The van der Waals surface area contributed by atoms with Crippen molar-refractivity contribution < 1.29 is 22.8 Å². The summed E-state index contributed by atoms with van der Waals surface area (Å²) >= 11 is 0. The number of halogens is 3. The Hall–Kier alpha value is -1.82. The third-order valence-electron chi connectivity index (χ3n) is 2.91. The molecule has 0 heterocycles. The van der Waals surface area contributed by atoms with Crippen LogP contribution in [0.2, 0.25) is 0 Å². The number of nitrogens with zero attached hydrogens (tertiary/aromatic N) is 1. The number of hydrogen-bond donors (Lipinski definition) is 0. The van der Waals surface area contributed by atoms with Gasteiger partial charge in [-0.1, -0.05) is 36.4 Å². The molecule has 1 aliphatic carbocycles. The highest BCUT2D eigenvalue weighted by molar-refractivity contribution is 5.82. The van der Waals surface area contributed by atoms with Crippen LogP contribution in [0.3, 0.4) is 0 Å². The highest BCUT2D eigenvalue weighted by Crippen LogP contribution is 2.28. The summed E-state index contributed by atoms with van der Waals surface area (Å²) in [5.74, 6) is -1.98. The molecule has 3 nitrogen and oxygen atoms in total. The van der Waals surface area contributed by atoms with Crippen LogP contribution in [0.15, 0.2) is 42.1 Å². The molecule has 6 heteroatoms. The van der Waals surface area contributed by atoms with Crippen LogP contribution in [0, 0.1) is 0 Å². The molecule has 0 radical (unpaired) electrons. The van der Waals surface area contributed by atoms with E-state index in [4.69, 9.17) is 4.84 Å². The number of hydrogen-bond acceptors (Lipinski definition) is 2. The SMILES string of the molecule is O=C(N(OCc1ccccc1)C1=CCCC1)C(F)(F)F. The average Bonchev–Trinajstić information content (AvgIpc) is 2.93. The molecule has 0 bridgehead atoms. The third-order valence-corrected chi connectivity index (χ3v) is 2.91. The predicted octanol–water partition coefficient (Wildman–Crippen LogP) is 3.58. The molecule has 20 heavy (non-hydrogen) atoms. The molecular weight excluding hydrogens is 271 g/mol. The van der Waals surface area contributed by atoms with Crippen LogP contribution in [0.25, 0.3) is 0 Å². The molecule has 1 aliphatic rings. The summed E-state index contributed by atoms with van der Waals surface area (Å²) in [6.45, 7) is -0.0833. The van der Waals surface area contributed by atoms with Crippen LogP contribution in [0.5, 0.6) is 0 Å². The Balaban J connectivity index is 2.09. The van der Waals surface area contributed by atoms with Crippen molar-refractivity contribution in [1.29, 1.82) is 0 Å². The van der Waals surface area contributed by atoms with Gasteiger partial charge in [-0.25, -0.2) is 0 Å². The number of carbonyl (C=O) groups is 1. The second-order valence-corrected chi connectivity index (χ2v) is 4.44. The first-order chi connectivity index (χ1) is 9.48. The van der Waals surface area contributed by atoms with E-state index in [0.29, 0.717) is 23.5 Å². The Bertz CT molecular complexity index is 497. The molecule has 108 valence electrons. The Morgan fingerprint density at radius 1 is 1.25 bits per heavy atom. The lowest BCUT2D eigenvalue weighted by atomic mass is 10.2. The Morgan fingerprint density at radius 3 is 2.50 bits per heavy atom. The van der Waals surface area contributed by atoms with E-state index < -0.39 is 12.1 Å². The van der Waals surface area contributed by atoms with Gasteiger partial charge in [-0.05, 0) is 24.8 Å². The average molecular weight is 285 g/mol. The maximum atomic E-state index is 12.6. The van der Waals surface area contributed by atoms with Gasteiger partial charge in [-0.3, -0.25) is 9.63 Å². The van der Waals surface area contributed by atoms with Gasteiger partial charge in [0, 0.05) is 5.70 Å². The van der Waals surface area contributed by atoms with Crippen LogP contribution in [-0.4, -0.2) is 17.1 Å². The fourth-order valence-electron chi connectivity index (χ4n) is 1.94. The molecule has 2 rings (SSSR count). The minimum absolute atomic E-state index is 0.0833. The molecular formula is C14H14F3NO2. The lowest BCUT2D eigenvalue weighted by molar-refractivity contribution is -0.224. The van der Waals surface area contributed by atoms with Gasteiger partial charge in [0.25, 0.3) is 0 Å².